The summed E-state index contributed by atoms with van der Waals surface area (Å²) in [6.07, 6.45) is -3.47. The van der Waals surface area contributed by atoms with Crippen molar-refractivity contribution in [3.05, 3.63) is 30.2 Å². The molecule has 0 bridgehead atoms. The Morgan fingerprint density at radius 1 is 1.33 bits per heavy atom. The van der Waals surface area contributed by atoms with Gasteiger partial charge < -0.3 is 9.26 Å². The summed E-state index contributed by atoms with van der Waals surface area (Å²) in [5, 5.41) is 3.91. The molecule has 1 fully saturated rings. The molecule has 1 aromatic carbocycles. The number of rotatable bonds is 4. The van der Waals surface area contributed by atoms with Crippen molar-refractivity contribution in [2.75, 3.05) is 20.2 Å². The van der Waals surface area contributed by atoms with Gasteiger partial charge in [0, 0.05) is 6.54 Å². The Kier molecular flexibility index (Phi) is 4.75. The van der Waals surface area contributed by atoms with Gasteiger partial charge in [0.2, 0.25) is 11.7 Å². The second-order valence-corrected chi connectivity index (χ2v) is 5.83. The molecule has 1 atom stereocenters. The number of ether oxygens (including phenoxy) is 1. The normalized spacial score (nSPS) is 19.4. The lowest BCUT2D eigenvalue weighted by Gasteiger charge is -2.32. The summed E-state index contributed by atoms with van der Waals surface area (Å²) < 4.78 is 49.1. The quantitative estimate of drug-likeness (QED) is 0.852. The molecule has 1 aromatic heterocycles. The van der Waals surface area contributed by atoms with Gasteiger partial charge in [0.05, 0.1) is 25.1 Å². The standard InChI is InChI=1S/C16H18F3N3O2/c1-23-13-7-3-2-6-12(13)15-20-14(24-21-15)10-22-8-4-5-11(9-22)16(17,18)19/h2-3,6-7,11H,4-5,8-10H2,1H3. The van der Waals surface area contributed by atoms with Crippen molar-refractivity contribution in [1.29, 1.82) is 0 Å². The third-order valence-corrected chi connectivity index (χ3v) is 4.14. The molecule has 5 nitrogen and oxygen atoms in total. The van der Waals surface area contributed by atoms with Gasteiger partial charge in [-0.25, -0.2) is 0 Å². The highest BCUT2D eigenvalue weighted by molar-refractivity contribution is 5.63. The number of halogens is 3. The lowest BCUT2D eigenvalue weighted by molar-refractivity contribution is -0.187. The number of likely N-dealkylation sites (tertiary alicyclic amines) is 1. The van der Waals surface area contributed by atoms with Gasteiger partial charge in [-0.05, 0) is 31.5 Å². The highest BCUT2D eigenvalue weighted by atomic mass is 19.4. The SMILES string of the molecule is COc1ccccc1-c1noc(CN2CCCC(C(F)(F)F)C2)n1. The fraction of sp³-hybridized carbons (Fsp3) is 0.500. The van der Waals surface area contributed by atoms with E-state index in [0.717, 1.165) is 0 Å². The maximum atomic E-state index is 12.9. The van der Waals surface area contributed by atoms with Crippen LogP contribution in [0.3, 0.4) is 0 Å². The Labute approximate surface area is 137 Å². The van der Waals surface area contributed by atoms with Gasteiger partial charge >= 0.3 is 6.18 Å². The van der Waals surface area contributed by atoms with Gasteiger partial charge in [-0.2, -0.15) is 18.2 Å². The predicted molar refractivity (Wildman–Crippen MR) is 80.3 cm³/mol. The fourth-order valence-electron chi connectivity index (χ4n) is 2.92. The number of para-hydroxylation sites is 1. The monoisotopic (exact) mass is 341 g/mol. The largest absolute Gasteiger partial charge is 0.496 e. The zero-order valence-electron chi connectivity index (χ0n) is 13.2. The summed E-state index contributed by atoms with van der Waals surface area (Å²) >= 11 is 0. The molecule has 1 saturated heterocycles. The fourth-order valence-corrected chi connectivity index (χ4v) is 2.92. The molecule has 1 aliphatic rings. The Hall–Kier alpha value is -2.09. The molecule has 0 radical (unpaired) electrons. The van der Waals surface area contributed by atoms with E-state index in [9.17, 15) is 13.2 Å². The van der Waals surface area contributed by atoms with Crippen LogP contribution in [0.25, 0.3) is 11.4 Å². The number of nitrogens with zero attached hydrogens (tertiary/aromatic N) is 3. The van der Waals surface area contributed by atoms with E-state index in [-0.39, 0.29) is 19.5 Å². The van der Waals surface area contributed by atoms with Crippen molar-refractivity contribution in [3.8, 4) is 17.1 Å². The van der Waals surface area contributed by atoms with Gasteiger partial charge in [-0.1, -0.05) is 17.3 Å². The summed E-state index contributed by atoms with van der Waals surface area (Å²) in [5.74, 6) is -0.00613. The highest BCUT2D eigenvalue weighted by Gasteiger charge is 2.41. The summed E-state index contributed by atoms with van der Waals surface area (Å²) in [5.41, 5.74) is 0.682. The van der Waals surface area contributed by atoms with E-state index in [1.807, 2.05) is 12.1 Å². The minimum atomic E-state index is -4.16. The average Bonchev–Trinajstić information content (AvgIpc) is 3.02. The summed E-state index contributed by atoms with van der Waals surface area (Å²) in [4.78, 5) is 6.00. The van der Waals surface area contributed by atoms with E-state index in [1.165, 1.54) is 0 Å². The minimum absolute atomic E-state index is 0.0319. The van der Waals surface area contributed by atoms with Gasteiger partial charge in [0.1, 0.15) is 5.75 Å². The summed E-state index contributed by atoms with van der Waals surface area (Å²) in [6, 6.07) is 7.23. The van der Waals surface area contributed by atoms with E-state index < -0.39 is 12.1 Å². The van der Waals surface area contributed by atoms with Gasteiger partial charge in [0.25, 0.3) is 0 Å². The Morgan fingerprint density at radius 2 is 2.12 bits per heavy atom. The second-order valence-electron chi connectivity index (χ2n) is 5.83. The molecular formula is C16H18F3N3O2. The molecule has 0 amide bonds. The Morgan fingerprint density at radius 3 is 2.88 bits per heavy atom. The molecule has 3 rings (SSSR count). The molecule has 1 aliphatic heterocycles. The van der Waals surface area contributed by atoms with Crippen LogP contribution in [0.15, 0.2) is 28.8 Å². The minimum Gasteiger partial charge on any atom is -0.496 e. The van der Waals surface area contributed by atoms with E-state index in [2.05, 4.69) is 10.1 Å². The van der Waals surface area contributed by atoms with E-state index in [1.54, 1.807) is 24.1 Å². The molecule has 8 heteroatoms. The van der Waals surface area contributed by atoms with Gasteiger partial charge in [-0.3, -0.25) is 4.90 Å². The molecule has 0 N–H and O–H groups in total. The van der Waals surface area contributed by atoms with Gasteiger partial charge in [-0.15, -0.1) is 0 Å². The first-order valence-electron chi connectivity index (χ1n) is 7.72. The van der Waals surface area contributed by atoms with Crippen LogP contribution in [-0.2, 0) is 6.54 Å². The molecule has 2 aromatic rings. The molecule has 0 spiro atoms. The third kappa shape index (κ3) is 3.69. The van der Waals surface area contributed by atoms with E-state index in [4.69, 9.17) is 9.26 Å². The smallest absolute Gasteiger partial charge is 0.393 e. The maximum absolute atomic E-state index is 12.9. The number of hydrogen-bond donors (Lipinski definition) is 0. The number of aromatic nitrogens is 2. The van der Waals surface area contributed by atoms with Crippen LogP contribution in [0.4, 0.5) is 13.2 Å². The molecule has 24 heavy (non-hydrogen) atoms. The Bertz CT molecular complexity index is 687. The molecule has 130 valence electrons. The zero-order valence-corrected chi connectivity index (χ0v) is 13.2. The lowest BCUT2D eigenvalue weighted by Crippen LogP contribution is -2.41. The molecule has 0 aliphatic carbocycles. The van der Waals surface area contributed by atoms with Gasteiger partial charge in [0.15, 0.2) is 0 Å². The number of piperidine rings is 1. The molecular weight excluding hydrogens is 323 g/mol. The zero-order chi connectivity index (χ0) is 17.2. The van der Waals surface area contributed by atoms with Crippen molar-refractivity contribution in [1.82, 2.24) is 15.0 Å². The first-order chi connectivity index (χ1) is 11.5. The first kappa shape index (κ1) is 16.8. The number of alkyl halides is 3. The van der Waals surface area contributed by atoms with Crippen LogP contribution < -0.4 is 4.74 Å². The predicted octanol–water partition coefficient (Wildman–Crippen LogP) is 3.52. The molecule has 0 saturated carbocycles. The van der Waals surface area contributed by atoms with Crippen molar-refractivity contribution in [2.45, 2.75) is 25.6 Å². The van der Waals surface area contributed by atoms with Crippen LogP contribution in [0, 0.1) is 5.92 Å². The van der Waals surface area contributed by atoms with E-state index >= 15 is 0 Å². The van der Waals surface area contributed by atoms with Crippen molar-refractivity contribution < 1.29 is 22.4 Å². The topological polar surface area (TPSA) is 51.4 Å². The first-order valence-corrected chi connectivity index (χ1v) is 7.72. The highest BCUT2D eigenvalue weighted by Crippen LogP contribution is 2.33. The number of methoxy groups -OCH3 is 1. The van der Waals surface area contributed by atoms with Crippen LogP contribution in [-0.4, -0.2) is 41.4 Å². The lowest BCUT2D eigenvalue weighted by atomic mass is 9.97. The molecule has 2 heterocycles. The van der Waals surface area contributed by atoms with Crippen molar-refractivity contribution >= 4 is 0 Å². The van der Waals surface area contributed by atoms with Crippen LogP contribution in [0.1, 0.15) is 18.7 Å². The van der Waals surface area contributed by atoms with Crippen LogP contribution in [0.2, 0.25) is 0 Å². The average molecular weight is 341 g/mol. The Balaban J connectivity index is 1.70. The van der Waals surface area contributed by atoms with Crippen molar-refractivity contribution in [2.24, 2.45) is 5.92 Å². The number of hydrogen-bond acceptors (Lipinski definition) is 5. The van der Waals surface area contributed by atoms with Crippen molar-refractivity contribution in [3.63, 3.8) is 0 Å². The van der Waals surface area contributed by atoms with Crippen LogP contribution in [0.5, 0.6) is 5.75 Å². The second kappa shape index (κ2) is 6.80. The number of benzene rings is 1. The third-order valence-electron chi connectivity index (χ3n) is 4.14. The maximum Gasteiger partial charge on any atom is 0.393 e. The summed E-state index contributed by atoms with van der Waals surface area (Å²) in [6.45, 7) is 0.781. The molecule has 1 unspecified atom stereocenters. The summed E-state index contributed by atoms with van der Waals surface area (Å²) in [7, 11) is 1.55. The van der Waals surface area contributed by atoms with Crippen LogP contribution >= 0.6 is 0 Å². The van der Waals surface area contributed by atoms with E-state index in [0.29, 0.717) is 36.0 Å².